The molecule has 4 heteroatoms. The normalized spacial score (nSPS) is 9.93. The molecule has 0 atom stereocenters. The summed E-state index contributed by atoms with van der Waals surface area (Å²) in [5.74, 6) is 0.0247. The summed E-state index contributed by atoms with van der Waals surface area (Å²) in [5.41, 5.74) is 0.718. The fraction of sp³-hybridized carbons (Fsp3) is 0.364. The van der Waals surface area contributed by atoms with Crippen LogP contribution in [0, 0.1) is 0 Å². The SMILES string of the molecule is COc1ccc(O)c(CCCC(=O)O)c1. The molecular formula is C11H14O4. The van der Waals surface area contributed by atoms with Crippen LogP contribution in [-0.4, -0.2) is 23.3 Å². The summed E-state index contributed by atoms with van der Waals surface area (Å²) in [6, 6.07) is 4.93. The van der Waals surface area contributed by atoms with Gasteiger partial charge in [-0.15, -0.1) is 0 Å². The summed E-state index contributed by atoms with van der Waals surface area (Å²) in [6.07, 6.45) is 1.15. The molecule has 1 aromatic carbocycles. The Morgan fingerprint density at radius 1 is 1.47 bits per heavy atom. The van der Waals surface area contributed by atoms with Crippen molar-refractivity contribution in [2.24, 2.45) is 0 Å². The Balaban J connectivity index is 2.62. The molecule has 82 valence electrons. The van der Waals surface area contributed by atoms with E-state index in [0.717, 1.165) is 5.56 Å². The monoisotopic (exact) mass is 210 g/mol. The minimum absolute atomic E-state index is 0.108. The number of carbonyl (C=O) groups is 1. The topological polar surface area (TPSA) is 66.8 Å². The number of aryl methyl sites for hydroxylation is 1. The highest BCUT2D eigenvalue weighted by molar-refractivity contribution is 5.66. The lowest BCUT2D eigenvalue weighted by atomic mass is 10.1. The van der Waals surface area contributed by atoms with E-state index >= 15 is 0 Å². The highest BCUT2D eigenvalue weighted by atomic mass is 16.5. The molecule has 0 aliphatic rings. The molecule has 0 fully saturated rings. The number of hydrogen-bond acceptors (Lipinski definition) is 3. The minimum atomic E-state index is -0.822. The van der Waals surface area contributed by atoms with Crippen LogP contribution in [0.4, 0.5) is 0 Å². The maximum Gasteiger partial charge on any atom is 0.303 e. The smallest absolute Gasteiger partial charge is 0.303 e. The van der Waals surface area contributed by atoms with E-state index in [9.17, 15) is 9.90 Å². The number of phenolic OH excluding ortho intramolecular Hbond substituents is 1. The molecule has 15 heavy (non-hydrogen) atoms. The molecule has 0 saturated carbocycles. The van der Waals surface area contributed by atoms with Crippen molar-refractivity contribution >= 4 is 5.97 Å². The Hall–Kier alpha value is -1.71. The lowest BCUT2D eigenvalue weighted by molar-refractivity contribution is -0.137. The molecular weight excluding hydrogens is 196 g/mol. The fourth-order valence-electron chi connectivity index (χ4n) is 1.32. The second-order valence-electron chi connectivity index (χ2n) is 3.24. The predicted octanol–water partition coefficient (Wildman–Crippen LogP) is 1.81. The average molecular weight is 210 g/mol. The van der Waals surface area contributed by atoms with Gasteiger partial charge in [0.05, 0.1) is 7.11 Å². The van der Waals surface area contributed by atoms with Gasteiger partial charge in [0.1, 0.15) is 11.5 Å². The van der Waals surface area contributed by atoms with Gasteiger partial charge in [0.15, 0.2) is 0 Å². The van der Waals surface area contributed by atoms with E-state index in [1.54, 1.807) is 25.3 Å². The first-order valence-electron chi connectivity index (χ1n) is 4.71. The quantitative estimate of drug-likeness (QED) is 0.777. The molecule has 0 unspecified atom stereocenters. The van der Waals surface area contributed by atoms with Crippen LogP contribution >= 0.6 is 0 Å². The largest absolute Gasteiger partial charge is 0.508 e. The maximum absolute atomic E-state index is 10.3. The molecule has 0 heterocycles. The third kappa shape index (κ3) is 3.50. The standard InChI is InChI=1S/C11H14O4/c1-15-9-5-6-10(12)8(7-9)3-2-4-11(13)14/h5-7,12H,2-4H2,1H3,(H,13,14). The number of ether oxygens (including phenoxy) is 1. The van der Waals surface area contributed by atoms with E-state index in [-0.39, 0.29) is 12.2 Å². The second-order valence-corrected chi connectivity index (χ2v) is 3.24. The van der Waals surface area contributed by atoms with Crippen LogP contribution in [0.1, 0.15) is 18.4 Å². The van der Waals surface area contributed by atoms with Gasteiger partial charge < -0.3 is 14.9 Å². The van der Waals surface area contributed by atoms with E-state index in [0.29, 0.717) is 18.6 Å². The highest BCUT2D eigenvalue weighted by Crippen LogP contribution is 2.24. The molecule has 0 aliphatic heterocycles. The summed E-state index contributed by atoms with van der Waals surface area (Å²) in [7, 11) is 1.55. The van der Waals surface area contributed by atoms with Gasteiger partial charge in [0, 0.05) is 6.42 Å². The number of benzene rings is 1. The van der Waals surface area contributed by atoms with Crippen LogP contribution in [-0.2, 0) is 11.2 Å². The van der Waals surface area contributed by atoms with Crippen molar-refractivity contribution in [2.45, 2.75) is 19.3 Å². The third-order valence-electron chi connectivity index (χ3n) is 2.12. The fourth-order valence-corrected chi connectivity index (χ4v) is 1.32. The molecule has 1 rings (SSSR count). The molecule has 1 aromatic rings. The van der Waals surface area contributed by atoms with Gasteiger partial charge in [-0.2, -0.15) is 0 Å². The van der Waals surface area contributed by atoms with Gasteiger partial charge >= 0.3 is 5.97 Å². The number of aromatic hydroxyl groups is 1. The van der Waals surface area contributed by atoms with E-state index in [2.05, 4.69) is 0 Å². The Labute approximate surface area is 88.1 Å². The van der Waals surface area contributed by atoms with Gasteiger partial charge in [-0.3, -0.25) is 4.79 Å². The van der Waals surface area contributed by atoms with Gasteiger partial charge in [-0.1, -0.05) is 0 Å². The Bertz CT molecular complexity index is 346. The Kier molecular flexibility index (Phi) is 3.97. The van der Waals surface area contributed by atoms with Crippen LogP contribution in [0.25, 0.3) is 0 Å². The van der Waals surface area contributed by atoms with Gasteiger partial charge in [0.25, 0.3) is 0 Å². The molecule has 2 N–H and O–H groups in total. The van der Waals surface area contributed by atoms with Gasteiger partial charge in [-0.05, 0) is 36.6 Å². The lowest BCUT2D eigenvalue weighted by Crippen LogP contribution is -1.96. The van der Waals surface area contributed by atoms with E-state index in [1.807, 2.05) is 0 Å². The van der Waals surface area contributed by atoms with Crippen molar-refractivity contribution in [1.82, 2.24) is 0 Å². The van der Waals surface area contributed by atoms with E-state index in [1.165, 1.54) is 0 Å². The molecule has 0 bridgehead atoms. The van der Waals surface area contributed by atoms with Crippen molar-refractivity contribution in [3.8, 4) is 11.5 Å². The van der Waals surface area contributed by atoms with Crippen molar-refractivity contribution in [1.29, 1.82) is 0 Å². The zero-order chi connectivity index (χ0) is 11.3. The Morgan fingerprint density at radius 2 is 2.20 bits per heavy atom. The summed E-state index contributed by atoms with van der Waals surface area (Å²) < 4.78 is 5.01. The molecule has 0 spiro atoms. The number of phenols is 1. The summed E-state index contributed by atoms with van der Waals surface area (Å²) >= 11 is 0. The zero-order valence-electron chi connectivity index (χ0n) is 8.56. The van der Waals surface area contributed by atoms with Crippen molar-refractivity contribution < 1.29 is 19.7 Å². The van der Waals surface area contributed by atoms with E-state index < -0.39 is 5.97 Å². The number of aliphatic carboxylic acids is 1. The first kappa shape index (κ1) is 11.4. The average Bonchev–Trinajstić information content (AvgIpc) is 2.20. The van der Waals surface area contributed by atoms with Crippen LogP contribution in [0.5, 0.6) is 11.5 Å². The highest BCUT2D eigenvalue weighted by Gasteiger charge is 2.04. The van der Waals surface area contributed by atoms with Crippen LogP contribution in [0.3, 0.4) is 0 Å². The maximum atomic E-state index is 10.3. The van der Waals surface area contributed by atoms with Crippen molar-refractivity contribution in [2.75, 3.05) is 7.11 Å². The number of rotatable bonds is 5. The summed E-state index contributed by atoms with van der Waals surface area (Å²) in [4.78, 5) is 10.3. The number of carboxylic acid groups (broad SMARTS) is 1. The van der Waals surface area contributed by atoms with Crippen molar-refractivity contribution in [3.05, 3.63) is 23.8 Å². The zero-order valence-corrected chi connectivity index (χ0v) is 8.56. The van der Waals surface area contributed by atoms with E-state index in [4.69, 9.17) is 9.84 Å². The minimum Gasteiger partial charge on any atom is -0.508 e. The first-order chi connectivity index (χ1) is 7.13. The third-order valence-corrected chi connectivity index (χ3v) is 2.12. The molecule has 0 aliphatic carbocycles. The van der Waals surface area contributed by atoms with Crippen LogP contribution < -0.4 is 4.74 Å². The molecule has 0 amide bonds. The number of methoxy groups -OCH3 is 1. The second kappa shape index (κ2) is 5.24. The molecule has 0 radical (unpaired) electrons. The number of carboxylic acids is 1. The Morgan fingerprint density at radius 3 is 2.80 bits per heavy atom. The summed E-state index contributed by atoms with van der Waals surface area (Å²) in [6.45, 7) is 0. The van der Waals surface area contributed by atoms with Crippen LogP contribution in [0.15, 0.2) is 18.2 Å². The van der Waals surface area contributed by atoms with Crippen LogP contribution in [0.2, 0.25) is 0 Å². The summed E-state index contributed by atoms with van der Waals surface area (Å²) in [5, 5.41) is 18.0. The van der Waals surface area contributed by atoms with Crippen molar-refractivity contribution in [3.63, 3.8) is 0 Å². The molecule has 0 aromatic heterocycles. The number of hydrogen-bond donors (Lipinski definition) is 2. The van der Waals surface area contributed by atoms with Gasteiger partial charge in [0.2, 0.25) is 0 Å². The molecule has 0 saturated heterocycles. The lowest BCUT2D eigenvalue weighted by Gasteiger charge is -2.06. The molecule has 4 nitrogen and oxygen atoms in total. The first-order valence-corrected chi connectivity index (χ1v) is 4.71. The van der Waals surface area contributed by atoms with Gasteiger partial charge in [-0.25, -0.2) is 0 Å². The predicted molar refractivity (Wildman–Crippen MR) is 55.2 cm³/mol.